The Labute approximate surface area is 203 Å². The van der Waals surface area contributed by atoms with E-state index in [9.17, 15) is 14.5 Å². The van der Waals surface area contributed by atoms with Crippen molar-refractivity contribution >= 4 is 26.2 Å². The van der Waals surface area contributed by atoms with Gasteiger partial charge >= 0.3 is 20.0 Å². The molecule has 32 heavy (non-hydrogen) atoms. The third-order valence-corrected chi connectivity index (χ3v) is 8.04. The molecule has 0 aliphatic rings. The zero-order valence-corrected chi connectivity index (χ0v) is 23.0. The maximum atomic E-state index is 11.8. The Hall–Kier alpha value is -0.160. The molecule has 0 saturated heterocycles. The second-order valence-electron chi connectivity index (χ2n) is 8.78. The monoisotopic (exact) mass is 493 g/mol. The van der Waals surface area contributed by atoms with Crippen LogP contribution in [0.25, 0.3) is 0 Å². The zero-order chi connectivity index (χ0) is 24.1. The largest absolute Gasteiger partial charge is 0.474 e. The van der Waals surface area contributed by atoms with Crippen molar-refractivity contribution in [2.24, 2.45) is 0 Å². The number of unbranched alkanes of at least 4 members (excludes halogenated alkanes) is 11. The first-order chi connectivity index (χ1) is 15.5. The molecule has 4 unspecified atom stereocenters. The Bertz CT molecular complexity index is 466. The van der Waals surface area contributed by atoms with Crippen molar-refractivity contribution in [1.82, 2.24) is 0 Å². The fourth-order valence-electron chi connectivity index (χ4n) is 3.70. The average molecular weight is 494 g/mol. The number of aliphatic carboxylic acids is 1. The smallest absolute Gasteiger partial charge is 0.472 e. The summed E-state index contributed by atoms with van der Waals surface area (Å²) in [7, 11) is -1.20. The number of ether oxygens (including phenoxy) is 2. The van der Waals surface area contributed by atoms with E-state index in [2.05, 4.69) is 13.8 Å². The van der Waals surface area contributed by atoms with Crippen LogP contribution in [0.4, 0.5) is 0 Å². The van der Waals surface area contributed by atoms with Gasteiger partial charge in [0.15, 0.2) is 0 Å². The van der Waals surface area contributed by atoms with Crippen molar-refractivity contribution in [2.45, 2.75) is 141 Å². The van der Waals surface area contributed by atoms with Gasteiger partial charge in [-0.25, -0.2) is 4.79 Å². The van der Waals surface area contributed by atoms with Gasteiger partial charge in [-0.1, -0.05) is 102 Å². The average Bonchev–Trinajstić information content (AvgIpc) is 2.78. The fraction of sp³-hybridized carbons (Fsp3) is 0.960. The zero-order valence-electron chi connectivity index (χ0n) is 21.2. The normalized spacial score (nSPS) is 15.5. The molecule has 5 nitrogen and oxygen atoms in total. The van der Waals surface area contributed by atoms with Gasteiger partial charge in [-0.3, -0.25) is 4.74 Å². The first-order valence-electron chi connectivity index (χ1n) is 13.0. The van der Waals surface area contributed by atoms with E-state index >= 15 is 0 Å². The molecule has 0 aliphatic heterocycles. The van der Waals surface area contributed by atoms with E-state index in [4.69, 9.17) is 9.47 Å². The van der Waals surface area contributed by atoms with Gasteiger partial charge in [0.05, 0.1) is 12.7 Å². The van der Waals surface area contributed by atoms with Crippen molar-refractivity contribution < 1.29 is 23.9 Å². The van der Waals surface area contributed by atoms with Gasteiger partial charge in [-0.2, -0.15) is 11.8 Å². The molecule has 7 heteroatoms. The Morgan fingerprint density at radius 1 is 0.875 bits per heavy atom. The highest BCUT2D eigenvalue weighted by Crippen LogP contribution is 2.33. The Balaban J connectivity index is 4.69. The van der Waals surface area contributed by atoms with E-state index in [1.807, 2.05) is 25.6 Å². The standard InChI is InChI=1S/C25H49O5PS/c1-5-8-10-12-13-14-16-18-21-32-23(19-17-15-11-9-6-2)22(4)30-25(31-28,24(26)27)29-20-7-3/h22-23H,5-21H2,1-4H3,(H,26,27)/p+1. The molecule has 0 aromatic heterocycles. The van der Waals surface area contributed by atoms with Crippen LogP contribution in [0.5, 0.6) is 0 Å². The first kappa shape index (κ1) is 31.8. The van der Waals surface area contributed by atoms with Crippen LogP contribution in [-0.2, 0) is 18.8 Å². The van der Waals surface area contributed by atoms with E-state index in [1.54, 1.807) is 0 Å². The minimum atomic E-state index is -2.05. The number of rotatable bonds is 24. The van der Waals surface area contributed by atoms with Crippen molar-refractivity contribution in [3.63, 3.8) is 0 Å². The number of hydrogen-bond acceptors (Lipinski definition) is 5. The Morgan fingerprint density at radius 2 is 1.41 bits per heavy atom. The molecular formula is C25H50O5PS+. The van der Waals surface area contributed by atoms with Crippen molar-refractivity contribution in [3.8, 4) is 0 Å². The van der Waals surface area contributed by atoms with Crippen molar-refractivity contribution in [3.05, 3.63) is 0 Å². The Morgan fingerprint density at radius 3 is 1.91 bits per heavy atom. The van der Waals surface area contributed by atoms with Crippen molar-refractivity contribution in [2.75, 3.05) is 12.4 Å². The summed E-state index contributed by atoms with van der Waals surface area (Å²) in [6.45, 7) is 8.47. The molecule has 0 saturated carbocycles. The van der Waals surface area contributed by atoms with Gasteiger partial charge in [0.2, 0.25) is 0 Å². The SMILES string of the molecule is CCCCCCCCCCSC(CCCCCCC)C(C)OC(OCCC)([PH+]=O)C(=O)O. The number of carbonyl (C=O) groups is 1. The van der Waals surface area contributed by atoms with Crippen LogP contribution in [0.2, 0.25) is 0 Å². The quantitative estimate of drug-likeness (QED) is 0.0830. The highest BCUT2D eigenvalue weighted by Gasteiger charge is 2.53. The molecule has 0 radical (unpaired) electrons. The highest BCUT2D eigenvalue weighted by molar-refractivity contribution is 7.99. The molecule has 0 aromatic carbocycles. The van der Waals surface area contributed by atoms with Crippen LogP contribution >= 0.6 is 20.2 Å². The van der Waals surface area contributed by atoms with E-state index in [0.29, 0.717) is 6.42 Å². The molecule has 190 valence electrons. The minimum absolute atomic E-state index is 0.182. The molecule has 4 atom stereocenters. The topological polar surface area (TPSA) is 72.8 Å². The minimum Gasteiger partial charge on any atom is -0.474 e. The summed E-state index contributed by atoms with van der Waals surface area (Å²) in [5.41, 5.74) is -2.05. The molecule has 0 bridgehead atoms. The lowest BCUT2D eigenvalue weighted by molar-refractivity contribution is -0.217. The van der Waals surface area contributed by atoms with E-state index in [0.717, 1.165) is 18.6 Å². The van der Waals surface area contributed by atoms with Gasteiger partial charge in [-0.05, 0) is 31.9 Å². The van der Waals surface area contributed by atoms with Crippen LogP contribution in [0.1, 0.15) is 124 Å². The van der Waals surface area contributed by atoms with Crippen LogP contribution in [0.3, 0.4) is 0 Å². The fourth-order valence-corrected chi connectivity index (χ4v) is 5.52. The summed E-state index contributed by atoms with van der Waals surface area (Å²) < 4.78 is 23.1. The van der Waals surface area contributed by atoms with E-state index in [1.165, 1.54) is 77.0 Å². The maximum Gasteiger partial charge on any atom is 0.472 e. The molecule has 0 spiro atoms. The van der Waals surface area contributed by atoms with Crippen LogP contribution in [-0.4, -0.2) is 40.3 Å². The van der Waals surface area contributed by atoms with Gasteiger partial charge in [-0.15, -0.1) is 0 Å². The third-order valence-electron chi connectivity index (χ3n) is 5.72. The van der Waals surface area contributed by atoms with Crippen LogP contribution in [0, 0.1) is 0 Å². The van der Waals surface area contributed by atoms with Crippen LogP contribution < -0.4 is 0 Å². The number of carboxylic acids is 1. The molecule has 0 heterocycles. The number of carboxylic acid groups (broad SMARTS) is 1. The second-order valence-corrected chi connectivity index (χ2v) is 11.0. The molecule has 0 aromatic rings. The first-order valence-corrected chi connectivity index (χ1v) is 15.0. The summed E-state index contributed by atoms with van der Waals surface area (Å²) >= 11 is 1.88. The molecule has 0 fully saturated rings. The summed E-state index contributed by atoms with van der Waals surface area (Å²) in [4.78, 5) is 11.8. The van der Waals surface area contributed by atoms with E-state index < -0.39 is 20.0 Å². The van der Waals surface area contributed by atoms with Gasteiger partial charge in [0, 0.05) is 5.25 Å². The predicted molar refractivity (Wildman–Crippen MR) is 138 cm³/mol. The summed E-state index contributed by atoms with van der Waals surface area (Å²) in [6, 6.07) is 0. The van der Waals surface area contributed by atoms with Crippen LogP contribution in [0.15, 0.2) is 0 Å². The summed E-state index contributed by atoms with van der Waals surface area (Å²) in [6.07, 6.45) is 17.7. The summed E-state index contributed by atoms with van der Waals surface area (Å²) in [5, 5.41) is 9.84. The lowest BCUT2D eigenvalue weighted by atomic mass is 10.1. The maximum absolute atomic E-state index is 11.8. The number of hydrogen-bond donors (Lipinski definition) is 1. The lowest BCUT2D eigenvalue weighted by Gasteiger charge is -2.28. The molecule has 0 aliphatic carbocycles. The number of thioether (sulfide) groups is 1. The lowest BCUT2D eigenvalue weighted by Crippen LogP contribution is -2.44. The van der Waals surface area contributed by atoms with E-state index in [-0.39, 0.29) is 18.0 Å². The van der Waals surface area contributed by atoms with Gasteiger partial charge in [0.25, 0.3) is 0 Å². The highest BCUT2D eigenvalue weighted by atomic mass is 32.2. The predicted octanol–water partition coefficient (Wildman–Crippen LogP) is 8.18. The molecular weight excluding hydrogens is 443 g/mol. The third kappa shape index (κ3) is 14.9. The molecule has 1 N–H and O–H groups in total. The summed E-state index contributed by atoms with van der Waals surface area (Å²) in [5.74, 6) is -0.251. The molecule has 0 rings (SSSR count). The van der Waals surface area contributed by atoms with Gasteiger partial charge < -0.3 is 9.84 Å². The Kier molecular flexibility index (Phi) is 21.3. The molecule has 0 amide bonds. The van der Waals surface area contributed by atoms with Gasteiger partial charge in [0.1, 0.15) is 0 Å². The van der Waals surface area contributed by atoms with Crippen molar-refractivity contribution in [1.29, 1.82) is 0 Å². The second kappa shape index (κ2) is 21.4.